The van der Waals surface area contributed by atoms with Crippen LogP contribution in [0, 0.1) is 13.8 Å². The highest BCUT2D eigenvalue weighted by molar-refractivity contribution is 5.99. The molecule has 0 N–H and O–H groups in total. The molecule has 6 nitrogen and oxygen atoms in total. The first kappa shape index (κ1) is 24.4. The van der Waals surface area contributed by atoms with E-state index in [4.69, 9.17) is 13.9 Å². The molecule has 0 saturated heterocycles. The number of carbonyl (C=O) groups is 1. The van der Waals surface area contributed by atoms with E-state index in [0.717, 1.165) is 22.3 Å². The van der Waals surface area contributed by atoms with Crippen LogP contribution in [0.5, 0.6) is 11.5 Å². The lowest BCUT2D eigenvalue weighted by Crippen LogP contribution is -2.31. The smallest absolute Gasteiger partial charge is 0.290 e. The minimum absolute atomic E-state index is 0.102. The summed E-state index contributed by atoms with van der Waals surface area (Å²) in [5.41, 5.74) is 4.44. The molecule has 0 bridgehead atoms. The van der Waals surface area contributed by atoms with Crippen molar-refractivity contribution < 1.29 is 18.7 Å². The summed E-state index contributed by atoms with van der Waals surface area (Å²) in [7, 11) is 1.56. The Balaban J connectivity index is 1.66. The molecule has 1 aromatic heterocycles. The van der Waals surface area contributed by atoms with Crippen LogP contribution < -0.4 is 14.9 Å². The highest BCUT2D eigenvalue weighted by Gasteiger charge is 2.42. The molecule has 4 aromatic rings. The molecule has 5 rings (SSSR count). The average molecular weight is 496 g/mol. The molecule has 37 heavy (non-hydrogen) atoms. The predicted molar refractivity (Wildman–Crippen MR) is 144 cm³/mol. The number of carbonyl (C=O) groups excluding carboxylic acids is 1. The molecule has 1 unspecified atom stereocenters. The van der Waals surface area contributed by atoms with Crippen LogP contribution >= 0.6 is 0 Å². The molecule has 2 heterocycles. The van der Waals surface area contributed by atoms with Gasteiger partial charge in [-0.2, -0.15) is 0 Å². The van der Waals surface area contributed by atoms with Crippen LogP contribution in [0.1, 0.15) is 44.4 Å². The minimum atomic E-state index is -0.615. The first-order valence-corrected chi connectivity index (χ1v) is 12.3. The number of hydrogen-bond acceptors (Lipinski definition) is 5. The second kappa shape index (κ2) is 9.97. The molecule has 0 fully saturated rings. The van der Waals surface area contributed by atoms with Gasteiger partial charge in [0.1, 0.15) is 12.2 Å². The van der Waals surface area contributed by atoms with Crippen molar-refractivity contribution in [1.29, 1.82) is 0 Å². The van der Waals surface area contributed by atoms with E-state index in [-0.39, 0.29) is 17.1 Å². The highest BCUT2D eigenvalue weighted by atomic mass is 16.5. The Hall–Kier alpha value is -4.32. The number of nitrogens with zero attached hydrogens (tertiary/aromatic N) is 1. The summed E-state index contributed by atoms with van der Waals surface area (Å²) in [6.45, 7) is 8.36. The van der Waals surface area contributed by atoms with Crippen molar-refractivity contribution in [3.8, 4) is 11.5 Å². The molecule has 188 valence electrons. The normalized spacial score (nSPS) is 14.6. The Kier molecular flexibility index (Phi) is 6.57. The monoisotopic (exact) mass is 495 g/mol. The van der Waals surface area contributed by atoms with Crippen LogP contribution in [-0.4, -0.2) is 31.1 Å². The van der Waals surface area contributed by atoms with Gasteiger partial charge < -0.3 is 18.8 Å². The lowest BCUT2D eigenvalue weighted by Gasteiger charge is -2.26. The second-order valence-electron chi connectivity index (χ2n) is 9.25. The van der Waals surface area contributed by atoms with Crippen molar-refractivity contribution in [2.75, 3.05) is 20.3 Å². The highest BCUT2D eigenvalue weighted by Crippen LogP contribution is 2.41. The number of amides is 1. The lowest BCUT2D eigenvalue weighted by atomic mass is 9.97. The average Bonchev–Trinajstić information content (AvgIpc) is 3.19. The third kappa shape index (κ3) is 4.40. The van der Waals surface area contributed by atoms with Crippen LogP contribution in [0.25, 0.3) is 11.0 Å². The van der Waals surface area contributed by atoms with E-state index in [1.165, 1.54) is 0 Å². The zero-order valence-corrected chi connectivity index (χ0v) is 21.2. The molecule has 1 aliphatic heterocycles. The fourth-order valence-corrected chi connectivity index (χ4v) is 4.87. The molecule has 0 saturated carbocycles. The van der Waals surface area contributed by atoms with Gasteiger partial charge in [0.25, 0.3) is 5.91 Å². The van der Waals surface area contributed by atoms with Crippen molar-refractivity contribution in [2.24, 2.45) is 0 Å². The summed E-state index contributed by atoms with van der Waals surface area (Å²) in [6, 6.07) is 18.5. The van der Waals surface area contributed by atoms with E-state index in [9.17, 15) is 9.59 Å². The van der Waals surface area contributed by atoms with Crippen LogP contribution in [0.2, 0.25) is 0 Å². The third-order valence-corrected chi connectivity index (χ3v) is 6.93. The fraction of sp³-hybridized carbons (Fsp3) is 0.226. The van der Waals surface area contributed by atoms with Gasteiger partial charge in [-0.25, -0.2) is 0 Å². The zero-order valence-electron chi connectivity index (χ0n) is 21.2. The van der Waals surface area contributed by atoms with Crippen LogP contribution in [0.3, 0.4) is 0 Å². The third-order valence-electron chi connectivity index (χ3n) is 6.93. The number of aryl methyl sites for hydroxylation is 2. The van der Waals surface area contributed by atoms with Crippen LogP contribution in [-0.2, 0) is 6.42 Å². The summed E-state index contributed by atoms with van der Waals surface area (Å²) < 4.78 is 17.4. The fourth-order valence-electron chi connectivity index (χ4n) is 4.87. The van der Waals surface area contributed by atoms with Gasteiger partial charge in [0.2, 0.25) is 5.76 Å². The summed E-state index contributed by atoms with van der Waals surface area (Å²) in [5, 5.41) is 0.475. The second-order valence-corrected chi connectivity index (χ2v) is 9.25. The molecule has 1 aliphatic rings. The minimum Gasteiger partial charge on any atom is -0.493 e. The molecule has 3 aromatic carbocycles. The summed E-state index contributed by atoms with van der Waals surface area (Å²) in [6.07, 6.45) is 2.30. The predicted octanol–water partition coefficient (Wildman–Crippen LogP) is 5.77. The van der Waals surface area contributed by atoms with E-state index in [2.05, 4.69) is 6.58 Å². The van der Waals surface area contributed by atoms with Crippen molar-refractivity contribution in [1.82, 2.24) is 4.90 Å². The van der Waals surface area contributed by atoms with E-state index in [1.807, 2.05) is 68.4 Å². The van der Waals surface area contributed by atoms with Crippen molar-refractivity contribution >= 4 is 16.9 Å². The van der Waals surface area contributed by atoms with Gasteiger partial charge in [0.15, 0.2) is 16.9 Å². The Morgan fingerprint density at radius 1 is 1.00 bits per heavy atom. The first-order valence-electron chi connectivity index (χ1n) is 12.3. The van der Waals surface area contributed by atoms with Gasteiger partial charge in [-0.05, 0) is 66.8 Å². The molecule has 1 amide bonds. The Morgan fingerprint density at radius 3 is 2.49 bits per heavy atom. The van der Waals surface area contributed by atoms with Gasteiger partial charge in [-0.3, -0.25) is 9.59 Å². The molecule has 0 spiro atoms. The topological polar surface area (TPSA) is 69.0 Å². The molecular formula is C31H29NO5. The number of benzene rings is 3. The lowest BCUT2D eigenvalue weighted by molar-refractivity contribution is 0.0730. The quantitative estimate of drug-likeness (QED) is 0.290. The summed E-state index contributed by atoms with van der Waals surface area (Å²) >= 11 is 0. The SMILES string of the molecule is C=CCOc1ccc(C2c3c(oc4cc(C)c(C)cc4c3=O)C(=O)N2CCc2ccccc2)cc1OC. The maximum absolute atomic E-state index is 13.9. The standard InChI is InChI=1S/C31H29NO5/c1-5-15-36-24-12-11-22(18-26(24)35-4)28-27-29(33)23-16-19(2)20(3)17-25(23)37-30(27)31(34)32(28)14-13-21-9-7-6-8-10-21/h5-12,16-18,28H,1,13-15H2,2-4H3. The molecule has 0 aliphatic carbocycles. The number of fused-ring (bicyclic) bond motifs is 2. The van der Waals surface area contributed by atoms with Crippen molar-refractivity contribution in [2.45, 2.75) is 26.3 Å². The van der Waals surface area contributed by atoms with Gasteiger partial charge in [-0.15, -0.1) is 0 Å². The number of hydrogen-bond donors (Lipinski definition) is 0. The molecule has 6 heteroatoms. The van der Waals surface area contributed by atoms with Gasteiger partial charge in [0.05, 0.1) is 24.1 Å². The van der Waals surface area contributed by atoms with Crippen molar-refractivity contribution in [3.05, 3.63) is 117 Å². The zero-order chi connectivity index (χ0) is 26.1. The van der Waals surface area contributed by atoms with Crippen molar-refractivity contribution in [3.63, 3.8) is 0 Å². The maximum atomic E-state index is 13.9. The number of methoxy groups -OCH3 is 1. The van der Waals surface area contributed by atoms with E-state index in [0.29, 0.717) is 47.6 Å². The van der Waals surface area contributed by atoms with Crippen LogP contribution in [0.15, 0.2) is 82.5 Å². The number of ether oxygens (including phenoxy) is 2. The largest absolute Gasteiger partial charge is 0.493 e. The van der Waals surface area contributed by atoms with Gasteiger partial charge in [0, 0.05) is 6.54 Å². The molecule has 0 radical (unpaired) electrons. The number of rotatable bonds is 8. The van der Waals surface area contributed by atoms with Gasteiger partial charge >= 0.3 is 0 Å². The molecule has 1 atom stereocenters. The van der Waals surface area contributed by atoms with E-state index >= 15 is 0 Å². The van der Waals surface area contributed by atoms with E-state index in [1.54, 1.807) is 24.2 Å². The van der Waals surface area contributed by atoms with Crippen LogP contribution in [0.4, 0.5) is 0 Å². The molecular weight excluding hydrogens is 466 g/mol. The Morgan fingerprint density at radius 2 is 1.76 bits per heavy atom. The first-order chi connectivity index (χ1) is 17.9. The Labute approximate surface area is 215 Å². The van der Waals surface area contributed by atoms with E-state index < -0.39 is 6.04 Å². The summed E-state index contributed by atoms with van der Waals surface area (Å²) in [5.74, 6) is 0.881. The Bertz CT molecular complexity index is 1550. The maximum Gasteiger partial charge on any atom is 0.290 e. The summed E-state index contributed by atoms with van der Waals surface area (Å²) in [4.78, 5) is 29.4. The van der Waals surface area contributed by atoms with Gasteiger partial charge in [-0.1, -0.05) is 49.1 Å².